The standard InChI is InChI=1S/C53H36N2/c1-53(2)49-40-21-7-6-14-33(40)26-29-46(49)48-50(54-52(55-51(48)53)34-15-4-3-5-16-34)39-20-13-19-37(31-39)35-17-12-18-36(30-35)38-27-28-45-43-24-9-8-22-41(43)42-23-10-11-25-44(42)47(45)32-38/h3-32H,1-2H3. The highest BCUT2D eigenvalue weighted by Crippen LogP contribution is 2.53. The van der Waals surface area contributed by atoms with Crippen LogP contribution in [-0.4, -0.2) is 9.97 Å². The second-order valence-electron chi connectivity index (χ2n) is 15.3. The van der Waals surface area contributed by atoms with Gasteiger partial charge < -0.3 is 0 Å². The fraction of sp³-hybridized carbons (Fsp3) is 0.0566. The Kier molecular flexibility index (Phi) is 6.93. The molecule has 0 fully saturated rings. The first kappa shape index (κ1) is 31.6. The third-order valence-electron chi connectivity index (χ3n) is 11.8. The summed E-state index contributed by atoms with van der Waals surface area (Å²) in [7, 11) is 0. The molecule has 11 rings (SSSR count). The molecule has 0 aliphatic heterocycles. The fourth-order valence-corrected chi connectivity index (χ4v) is 9.18. The van der Waals surface area contributed by atoms with Crippen molar-refractivity contribution < 1.29 is 0 Å². The number of fused-ring (bicyclic) bond motifs is 11. The zero-order valence-corrected chi connectivity index (χ0v) is 30.7. The van der Waals surface area contributed by atoms with Gasteiger partial charge in [-0.2, -0.15) is 0 Å². The minimum absolute atomic E-state index is 0.309. The van der Waals surface area contributed by atoms with Gasteiger partial charge in [0.15, 0.2) is 5.82 Å². The van der Waals surface area contributed by atoms with Gasteiger partial charge in [-0.1, -0.05) is 178 Å². The van der Waals surface area contributed by atoms with Crippen molar-refractivity contribution in [3.63, 3.8) is 0 Å². The van der Waals surface area contributed by atoms with Crippen molar-refractivity contribution in [1.82, 2.24) is 9.97 Å². The molecule has 2 heteroatoms. The van der Waals surface area contributed by atoms with Crippen LogP contribution in [-0.2, 0) is 5.41 Å². The molecule has 0 spiro atoms. The average Bonchev–Trinajstić information content (AvgIpc) is 3.49. The highest BCUT2D eigenvalue weighted by molar-refractivity contribution is 6.25. The van der Waals surface area contributed by atoms with Crippen molar-refractivity contribution in [3.05, 3.63) is 193 Å². The Balaban J connectivity index is 1.07. The van der Waals surface area contributed by atoms with E-state index in [0.717, 1.165) is 39.5 Å². The van der Waals surface area contributed by atoms with E-state index in [0.29, 0.717) is 0 Å². The van der Waals surface area contributed by atoms with Crippen LogP contribution in [0.5, 0.6) is 0 Å². The Morgan fingerprint density at radius 1 is 0.364 bits per heavy atom. The second-order valence-corrected chi connectivity index (χ2v) is 15.3. The van der Waals surface area contributed by atoms with Crippen LogP contribution in [0.2, 0.25) is 0 Å². The summed E-state index contributed by atoms with van der Waals surface area (Å²) in [6, 6.07) is 66.0. The van der Waals surface area contributed by atoms with Gasteiger partial charge in [-0.25, -0.2) is 9.97 Å². The topological polar surface area (TPSA) is 25.8 Å². The molecule has 258 valence electrons. The third-order valence-corrected chi connectivity index (χ3v) is 11.8. The first-order chi connectivity index (χ1) is 27.0. The zero-order chi connectivity index (χ0) is 36.7. The van der Waals surface area contributed by atoms with Crippen LogP contribution in [0.1, 0.15) is 25.1 Å². The molecule has 1 aliphatic rings. The van der Waals surface area contributed by atoms with Gasteiger partial charge in [-0.3, -0.25) is 0 Å². The van der Waals surface area contributed by atoms with E-state index in [9.17, 15) is 0 Å². The molecule has 55 heavy (non-hydrogen) atoms. The summed E-state index contributed by atoms with van der Waals surface area (Å²) in [4.78, 5) is 10.7. The molecule has 0 bridgehead atoms. The van der Waals surface area contributed by atoms with Gasteiger partial charge in [0, 0.05) is 22.1 Å². The van der Waals surface area contributed by atoms with Crippen LogP contribution in [0.4, 0.5) is 0 Å². The highest BCUT2D eigenvalue weighted by Gasteiger charge is 2.41. The van der Waals surface area contributed by atoms with Crippen LogP contribution in [0.25, 0.3) is 99.1 Å². The van der Waals surface area contributed by atoms with Gasteiger partial charge in [-0.15, -0.1) is 0 Å². The number of rotatable bonds is 4. The molecule has 0 saturated heterocycles. The normalized spacial score (nSPS) is 13.1. The molecular formula is C53H36N2. The minimum Gasteiger partial charge on any atom is -0.231 e. The van der Waals surface area contributed by atoms with Gasteiger partial charge in [0.2, 0.25) is 0 Å². The lowest BCUT2D eigenvalue weighted by atomic mass is 9.82. The Labute approximate surface area is 320 Å². The van der Waals surface area contributed by atoms with Crippen molar-refractivity contribution in [2.45, 2.75) is 19.3 Å². The Hall–Kier alpha value is -6.90. The molecule has 10 aromatic rings. The largest absolute Gasteiger partial charge is 0.231 e. The van der Waals surface area contributed by atoms with E-state index in [1.54, 1.807) is 0 Å². The predicted molar refractivity (Wildman–Crippen MR) is 231 cm³/mol. The third kappa shape index (κ3) is 4.88. The summed E-state index contributed by atoms with van der Waals surface area (Å²) < 4.78 is 0. The lowest BCUT2D eigenvalue weighted by molar-refractivity contribution is 0.641. The Bertz CT molecular complexity index is 3140. The first-order valence-corrected chi connectivity index (χ1v) is 19.1. The number of nitrogens with zero attached hydrogens (tertiary/aromatic N) is 2. The average molecular weight is 701 g/mol. The maximum atomic E-state index is 5.39. The highest BCUT2D eigenvalue weighted by atomic mass is 14.9. The quantitative estimate of drug-likeness (QED) is 0.171. The van der Waals surface area contributed by atoms with E-state index in [4.69, 9.17) is 9.97 Å². The Morgan fingerprint density at radius 2 is 0.873 bits per heavy atom. The van der Waals surface area contributed by atoms with Crippen molar-refractivity contribution in [1.29, 1.82) is 0 Å². The lowest BCUT2D eigenvalue weighted by Crippen LogP contribution is -2.18. The summed E-state index contributed by atoms with van der Waals surface area (Å²) in [5, 5.41) is 10.2. The van der Waals surface area contributed by atoms with Crippen molar-refractivity contribution in [3.8, 4) is 56.0 Å². The maximum Gasteiger partial charge on any atom is 0.160 e. The van der Waals surface area contributed by atoms with E-state index in [-0.39, 0.29) is 5.41 Å². The van der Waals surface area contributed by atoms with Crippen molar-refractivity contribution in [2.24, 2.45) is 0 Å². The van der Waals surface area contributed by atoms with Gasteiger partial charge >= 0.3 is 0 Å². The Morgan fingerprint density at radius 3 is 1.55 bits per heavy atom. The fourth-order valence-electron chi connectivity index (χ4n) is 9.18. The summed E-state index contributed by atoms with van der Waals surface area (Å²) in [6.45, 7) is 4.63. The number of hydrogen-bond donors (Lipinski definition) is 0. The zero-order valence-electron chi connectivity index (χ0n) is 30.7. The molecule has 9 aromatic carbocycles. The molecule has 1 heterocycles. The predicted octanol–water partition coefficient (Wildman–Crippen LogP) is 14.1. The van der Waals surface area contributed by atoms with Crippen LogP contribution >= 0.6 is 0 Å². The molecule has 1 aliphatic carbocycles. The van der Waals surface area contributed by atoms with E-state index >= 15 is 0 Å². The molecule has 0 atom stereocenters. The SMILES string of the molecule is CC1(C)c2nc(-c3ccccc3)nc(-c3cccc(-c4cccc(-c5ccc6c7ccccc7c7ccccc7c6c5)c4)c3)c2-c2ccc3ccccc3c21. The molecule has 0 amide bonds. The summed E-state index contributed by atoms with van der Waals surface area (Å²) in [6.07, 6.45) is 0. The van der Waals surface area contributed by atoms with Crippen LogP contribution in [0, 0.1) is 0 Å². The number of aromatic nitrogens is 2. The summed E-state index contributed by atoms with van der Waals surface area (Å²) in [5.74, 6) is 0.753. The van der Waals surface area contributed by atoms with Gasteiger partial charge in [0.1, 0.15) is 0 Å². The van der Waals surface area contributed by atoms with Crippen LogP contribution in [0.15, 0.2) is 182 Å². The summed E-state index contributed by atoms with van der Waals surface area (Å²) in [5.41, 5.74) is 12.2. The smallest absolute Gasteiger partial charge is 0.160 e. The van der Waals surface area contributed by atoms with E-state index in [2.05, 4.69) is 190 Å². The molecule has 0 radical (unpaired) electrons. The van der Waals surface area contributed by atoms with Crippen molar-refractivity contribution in [2.75, 3.05) is 0 Å². The molecule has 0 N–H and O–H groups in total. The molecule has 0 unspecified atom stereocenters. The lowest BCUT2D eigenvalue weighted by Gasteiger charge is -2.22. The number of hydrogen-bond acceptors (Lipinski definition) is 2. The van der Waals surface area contributed by atoms with Gasteiger partial charge in [0.05, 0.1) is 11.4 Å². The van der Waals surface area contributed by atoms with Crippen LogP contribution in [0.3, 0.4) is 0 Å². The first-order valence-electron chi connectivity index (χ1n) is 19.1. The molecule has 1 aromatic heterocycles. The maximum absolute atomic E-state index is 5.39. The van der Waals surface area contributed by atoms with Crippen LogP contribution < -0.4 is 0 Å². The van der Waals surface area contributed by atoms with Crippen molar-refractivity contribution >= 4 is 43.1 Å². The monoisotopic (exact) mass is 700 g/mol. The van der Waals surface area contributed by atoms with Gasteiger partial charge in [-0.05, 0) is 94.7 Å². The van der Waals surface area contributed by atoms with E-state index in [1.165, 1.54) is 70.9 Å². The van der Waals surface area contributed by atoms with E-state index < -0.39 is 0 Å². The molecule has 0 saturated carbocycles. The van der Waals surface area contributed by atoms with Gasteiger partial charge in [0.25, 0.3) is 0 Å². The minimum atomic E-state index is -0.309. The number of benzene rings is 9. The molecular weight excluding hydrogens is 665 g/mol. The molecule has 2 nitrogen and oxygen atoms in total. The summed E-state index contributed by atoms with van der Waals surface area (Å²) >= 11 is 0. The second kappa shape index (κ2) is 12.1. The van der Waals surface area contributed by atoms with E-state index in [1.807, 2.05) is 6.07 Å².